The van der Waals surface area contributed by atoms with Crippen molar-refractivity contribution in [2.24, 2.45) is 0 Å². The van der Waals surface area contributed by atoms with Gasteiger partial charge in [0.05, 0.1) is 11.5 Å². The molecule has 3 rings (SSSR count). The van der Waals surface area contributed by atoms with Crippen LogP contribution in [-0.4, -0.2) is 39.7 Å². The third-order valence-electron chi connectivity index (χ3n) is 4.53. The summed E-state index contributed by atoms with van der Waals surface area (Å²) in [5, 5.41) is 0. The van der Waals surface area contributed by atoms with Gasteiger partial charge in [0, 0.05) is 26.1 Å². The Bertz CT molecular complexity index is 938. The first kappa shape index (κ1) is 21.2. The summed E-state index contributed by atoms with van der Waals surface area (Å²) in [6.45, 7) is 2.33. The number of hydrogen-bond donors (Lipinski definition) is 1. The summed E-state index contributed by atoms with van der Waals surface area (Å²) in [5.74, 6) is -0.179. The first-order valence-electron chi connectivity index (χ1n) is 9.17. The molecule has 1 heterocycles. The fourth-order valence-corrected chi connectivity index (χ4v) is 4.39. The van der Waals surface area contributed by atoms with E-state index in [0.717, 1.165) is 0 Å². The lowest BCUT2D eigenvalue weighted by atomic mass is 9.91. The van der Waals surface area contributed by atoms with Crippen molar-refractivity contribution in [3.8, 4) is 11.5 Å². The van der Waals surface area contributed by atoms with Gasteiger partial charge in [0.25, 0.3) is 0 Å². The number of carbonyl (C=O) groups excluding carboxylic acids is 1. The van der Waals surface area contributed by atoms with E-state index in [0.29, 0.717) is 11.5 Å². The fourth-order valence-electron chi connectivity index (χ4n) is 2.98. The van der Waals surface area contributed by atoms with Crippen LogP contribution >= 0.6 is 0 Å². The van der Waals surface area contributed by atoms with Crippen LogP contribution in [0.1, 0.15) is 19.8 Å². The van der Waals surface area contributed by atoms with Crippen molar-refractivity contribution in [2.45, 2.75) is 30.2 Å². The summed E-state index contributed by atoms with van der Waals surface area (Å²) >= 11 is 0. The summed E-state index contributed by atoms with van der Waals surface area (Å²) < 4.78 is 57.2. The lowest BCUT2D eigenvalue weighted by Gasteiger charge is -2.35. The Morgan fingerprint density at radius 1 is 1.07 bits per heavy atom. The molecule has 0 unspecified atom stereocenters. The van der Waals surface area contributed by atoms with Gasteiger partial charge in [-0.05, 0) is 55.5 Å². The van der Waals surface area contributed by atoms with Crippen LogP contribution < -0.4 is 9.46 Å². The summed E-state index contributed by atoms with van der Waals surface area (Å²) in [6.07, 6.45) is 0.383. The highest BCUT2D eigenvalue weighted by atomic mass is 32.2. The van der Waals surface area contributed by atoms with Gasteiger partial charge in [0.1, 0.15) is 22.9 Å². The van der Waals surface area contributed by atoms with E-state index in [-0.39, 0.29) is 43.4 Å². The molecule has 29 heavy (non-hydrogen) atoms. The van der Waals surface area contributed by atoms with E-state index in [1.165, 1.54) is 48.5 Å². The van der Waals surface area contributed by atoms with Crippen LogP contribution in [0.4, 0.5) is 4.39 Å². The molecule has 1 N–H and O–H groups in total. The number of sulfonamides is 1. The Kier molecular flexibility index (Phi) is 6.51. The SMILES string of the molecule is CCOC(=O)C1(NS(=O)(=O)c2ccc(Oc3ccc(F)cc3)cc2)CCOCC1. The number of nitrogens with one attached hydrogen (secondary N) is 1. The highest BCUT2D eigenvalue weighted by Crippen LogP contribution is 2.27. The summed E-state index contributed by atoms with van der Waals surface area (Å²) in [6, 6.07) is 11.2. The van der Waals surface area contributed by atoms with Crippen LogP contribution in [0.5, 0.6) is 11.5 Å². The van der Waals surface area contributed by atoms with Gasteiger partial charge in [-0.1, -0.05) is 0 Å². The molecule has 2 aromatic rings. The van der Waals surface area contributed by atoms with Crippen molar-refractivity contribution in [3.63, 3.8) is 0 Å². The molecule has 0 radical (unpaired) electrons. The Balaban J connectivity index is 1.77. The Morgan fingerprint density at radius 2 is 1.62 bits per heavy atom. The zero-order valence-corrected chi connectivity index (χ0v) is 16.7. The second kappa shape index (κ2) is 8.89. The van der Waals surface area contributed by atoms with E-state index in [2.05, 4.69) is 4.72 Å². The molecule has 0 saturated carbocycles. The maximum absolute atomic E-state index is 13.0. The molecule has 1 saturated heterocycles. The average Bonchev–Trinajstić information content (AvgIpc) is 2.71. The van der Waals surface area contributed by atoms with Crippen LogP contribution in [0, 0.1) is 5.82 Å². The molecule has 0 spiro atoms. The van der Waals surface area contributed by atoms with Gasteiger partial charge in [-0.25, -0.2) is 12.8 Å². The highest BCUT2D eigenvalue weighted by molar-refractivity contribution is 7.89. The maximum atomic E-state index is 13.0. The van der Waals surface area contributed by atoms with Gasteiger partial charge in [0.15, 0.2) is 0 Å². The molecule has 2 aromatic carbocycles. The van der Waals surface area contributed by atoms with Crippen LogP contribution in [0.3, 0.4) is 0 Å². The molecule has 0 aromatic heterocycles. The number of hydrogen-bond acceptors (Lipinski definition) is 6. The van der Waals surface area contributed by atoms with E-state index in [1.807, 2.05) is 0 Å². The number of ether oxygens (including phenoxy) is 3. The number of carbonyl (C=O) groups is 1. The van der Waals surface area contributed by atoms with Crippen LogP contribution in [-0.2, 0) is 24.3 Å². The molecule has 1 fully saturated rings. The molecular weight excluding hydrogens is 401 g/mol. The number of halogens is 1. The van der Waals surface area contributed by atoms with Gasteiger partial charge in [0.2, 0.25) is 10.0 Å². The smallest absolute Gasteiger partial charge is 0.327 e. The number of benzene rings is 2. The molecule has 7 nitrogen and oxygen atoms in total. The molecule has 0 bridgehead atoms. The summed E-state index contributed by atoms with van der Waals surface area (Å²) in [4.78, 5) is 12.4. The molecular formula is C20H22FNO6S. The van der Waals surface area contributed by atoms with Crippen molar-refractivity contribution in [1.82, 2.24) is 4.72 Å². The molecule has 9 heteroatoms. The highest BCUT2D eigenvalue weighted by Gasteiger charge is 2.45. The van der Waals surface area contributed by atoms with Gasteiger partial charge >= 0.3 is 5.97 Å². The second-order valence-electron chi connectivity index (χ2n) is 6.55. The quantitative estimate of drug-likeness (QED) is 0.689. The van der Waals surface area contributed by atoms with Gasteiger partial charge in [-0.3, -0.25) is 4.79 Å². The largest absolute Gasteiger partial charge is 0.465 e. The van der Waals surface area contributed by atoms with Gasteiger partial charge in [-0.2, -0.15) is 4.72 Å². The average molecular weight is 423 g/mol. The van der Waals surface area contributed by atoms with E-state index >= 15 is 0 Å². The Morgan fingerprint density at radius 3 is 2.17 bits per heavy atom. The molecule has 156 valence electrons. The normalized spacial score (nSPS) is 16.2. The topological polar surface area (TPSA) is 90.9 Å². The minimum Gasteiger partial charge on any atom is -0.465 e. The van der Waals surface area contributed by atoms with Crippen LogP contribution in [0.15, 0.2) is 53.4 Å². The van der Waals surface area contributed by atoms with Gasteiger partial charge < -0.3 is 14.2 Å². The standard InChI is InChI=1S/C20H22FNO6S/c1-2-27-19(23)20(11-13-26-14-12-20)22-29(24,25)18-9-7-17(8-10-18)28-16-5-3-15(21)4-6-16/h3-10,22H,2,11-14H2,1H3. The lowest BCUT2D eigenvalue weighted by Crippen LogP contribution is -2.58. The fraction of sp³-hybridized carbons (Fsp3) is 0.350. The zero-order valence-electron chi connectivity index (χ0n) is 15.9. The molecule has 0 amide bonds. The van der Waals surface area contributed by atoms with Crippen molar-refractivity contribution in [3.05, 3.63) is 54.3 Å². The van der Waals surface area contributed by atoms with Crippen LogP contribution in [0.2, 0.25) is 0 Å². The zero-order chi connectivity index (χ0) is 20.9. The monoisotopic (exact) mass is 423 g/mol. The third kappa shape index (κ3) is 5.11. The third-order valence-corrected chi connectivity index (χ3v) is 6.08. The van der Waals surface area contributed by atoms with Crippen LogP contribution in [0.25, 0.3) is 0 Å². The first-order valence-corrected chi connectivity index (χ1v) is 10.7. The molecule has 0 atom stereocenters. The van der Waals surface area contributed by atoms with E-state index in [1.54, 1.807) is 6.92 Å². The molecule has 0 aliphatic carbocycles. The minimum absolute atomic E-state index is 0.0147. The van der Waals surface area contributed by atoms with E-state index in [9.17, 15) is 17.6 Å². The Labute approximate surface area is 168 Å². The lowest BCUT2D eigenvalue weighted by molar-refractivity contribution is -0.154. The molecule has 1 aliphatic rings. The van der Waals surface area contributed by atoms with Crippen molar-refractivity contribution in [2.75, 3.05) is 19.8 Å². The number of rotatable bonds is 7. The van der Waals surface area contributed by atoms with Crippen molar-refractivity contribution < 1.29 is 31.8 Å². The van der Waals surface area contributed by atoms with Crippen molar-refractivity contribution in [1.29, 1.82) is 0 Å². The summed E-state index contributed by atoms with van der Waals surface area (Å²) in [7, 11) is -3.99. The maximum Gasteiger partial charge on any atom is 0.327 e. The van der Waals surface area contributed by atoms with E-state index in [4.69, 9.17) is 14.2 Å². The van der Waals surface area contributed by atoms with Crippen molar-refractivity contribution >= 4 is 16.0 Å². The van der Waals surface area contributed by atoms with Gasteiger partial charge in [-0.15, -0.1) is 0 Å². The predicted octanol–water partition coefficient (Wildman–Crippen LogP) is 3.01. The first-order chi connectivity index (χ1) is 13.8. The minimum atomic E-state index is -3.99. The van der Waals surface area contributed by atoms with E-state index < -0.39 is 21.5 Å². The number of esters is 1. The second-order valence-corrected chi connectivity index (χ2v) is 8.23. The molecule has 1 aliphatic heterocycles. The predicted molar refractivity (Wildman–Crippen MR) is 103 cm³/mol. The Hall–Kier alpha value is -2.49. The summed E-state index contributed by atoms with van der Waals surface area (Å²) in [5.41, 5.74) is -1.35.